The second-order valence-corrected chi connectivity index (χ2v) is 15.5. The fraction of sp³-hybridized carbons (Fsp3) is 0. The topological polar surface area (TPSA) is 56.7 Å². The van der Waals surface area contributed by atoms with E-state index >= 15 is 0 Å². The van der Waals surface area contributed by atoms with Crippen molar-refractivity contribution in [3.63, 3.8) is 0 Å². The first-order chi connectivity index (χ1) is 28.2. The van der Waals surface area contributed by atoms with Gasteiger partial charge in [-0.2, -0.15) is 0 Å². The standard InChI is InChI=1S/C51H30N4OS/c1-3-13-31(14-4-1)33-17-11-18-35(27-33)55-43-23-9-7-19-36(43)41-29-42-39-21-12-22-40(48(39)56-45(42)30-44(41)55)51-53-49(32-15-5-2-6-16-32)52-50(54-51)34-25-26-38-37-20-8-10-24-46(37)57-47(38)28-34/h1-30H. The highest BCUT2D eigenvalue weighted by molar-refractivity contribution is 7.25. The van der Waals surface area contributed by atoms with Crippen molar-refractivity contribution in [3.8, 4) is 51.0 Å². The van der Waals surface area contributed by atoms with Crippen LogP contribution in [0.15, 0.2) is 186 Å². The zero-order valence-corrected chi connectivity index (χ0v) is 31.2. The van der Waals surface area contributed by atoms with Gasteiger partial charge in [0.1, 0.15) is 11.2 Å². The second kappa shape index (κ2) is 12.6. The molecule has 12 rings (SSSR count). The summed E-state index contributed by atoms with van der Waals surface area (Å²) < 4.78 is 11.7. The van der Waals surface area contributed by atoms with E-state index in [1.54, 1.807) is 11.3 Å². The smallest absolute Gasteiger partial charge is 0.167 e. The number of aromatic nitrogens is 4. The third kappa shape index (κ3) is 5.12. The molecule has 266 valence electrons. The number of hydrogen-bond acceptors (Lipinski definition) is 5. The highest BCUT2D eigenvalue weighted by atomic mass is 32.1. The van der Waals surface area contributed by atoms with Gasteiger partial charge in [0.2, 0.25) is 0 Å². The zero-order chi connectivity index (χ0) is 37.5. The third-order valence-corrected chi connectivity index (χ3v) is 12.2. The summed E-state index contributed by atoms with van der Waals surface area (Å²) in [5.41, 5.74) is 9.93. The molecule has 0 bridgehead atoms. The van der Waals surface area contributed by atoms with Crippen LogP contribution in [0.3, 0.4) is 0 Å². The van der Waals surface area contributed by atoms with Crippen LogP contribution in [0.25, 0.3) is 115 Å². The minimum Gasteiger partial charge on any atom is -0.455 e. The molecule has 0 unspecified atom stereocenters. The number of rotatable bonds is 5. The largest absolute Gasteiger partial charge is 0.455 e. The molecule has 4 aromatic heterocycles. The van der Waals surface area contributed by atoms with Crippen LogP contribution >= 0.6 is 11.3 Å². The first kappa shape index (κ1) is 31.9. The molecule has 0 amide bonds. The Labute approximate surface area is 330 Å². The number of fused-ring (bicyclic) bond motifs is 9. The summed E-state index contributed by atoms with van der Waals surface area (Å²) in [4.78, 5) is 15.3. The first-order valence-electron chi connectivity index (χ1n) is 19.0. The Kier molecular flexibility index (Phi) is 7.03. The van der Waals surface area contributed by atoms with E-state index in [9.17, 15) is 0 Å². The van der Waals surface area contributed by atoms with E-state index < -0.39 is 0 Å². The lowest BCUT2D eigenvalue weighted by Crippen LogP contribution is -2.00. The maximum atomic E-state index is 6.90. The summed E-state index contributed by atoms with van der Waals surface area (Å²) in [6.07, 6.45) is 0. The molecule has 0 atom stereocenters. The maximum Gasteiger partial charge on any atom is 0.167 e. The van der Waals surface area contributed by atoms with Crippen molar-refractivity contribution in [2.45, 2.75) is 0 Å². The number of hydrogen-bond donors (Lipinski definition) is 0. The zero-order valence-electron chi connectivity index (χ0n) is 30.4. The number of thiophene rings is 1. The van der Waals surface area contributed by atoms with Gasteiger partial charge in [-0.15, -0.1) is 11.3 Å². The minimum absolute atomic E-state index is 0.567. The van der Waals surface area contributed by atoms with Crippen molar-refractivity contribution in [1.29, 1.82) is 0 Å². The van der Waals surface area contributed by atoms with E-state index in [0.717, 1.165) is 55.3 Å². The first-order valence-corrected chi connectivity index (χ1v) is 19.8. The van der Waals surface area contributed by atoms with Crippen LogP contribution in [0.1, 0.15) is 0 Å². The van der Waals surface area contributed by atoms with Crippen molar-refractivity contribution >= 4 is 75.3 Å². The summed E-state index contributed by atoms with van der Waals surface area (Å²) in [5, 5.41) is 6.92. The number of para-hydroxylation sites is 2. The summed E-state index contributed by atoms with van der Waals surface area (Å²) in [7, 11) is 0. The molecule has 0 radical (unpaired) electrons. The number of benzene rings is 8. The molecule has 6 heteroatoms. The fourth-order valence-electron chi connectivity index (χ4n) is 8.38. The Morgan fingerprint density at radius 3 is 1.91 bits per heavy atom. The molecule has 0 aliphatic carbocycles. The molecule has 0 saturated carbocycles. The molecule has 0 aliphatic rings. The Bertz CT molecular complexity index is 3530. The molecule has 12 aromatic rings. The summed E-state index contributed by atoms with van der Waals surface area (Å²) >= 11 is 1.79. The minimum atomic E-state index is 0.567. The lowest BCUT2D eigenvalue weighted by atomic mass is 10.0. The summed E-state index contributed by atoms with van der Waals surface area (Å²) in [6.45, 7) is 0. The van der Waals surface area contributed by atoms with Crippen molar-refractivity contribution in [3.05, 3.63) is 182 Å². The van der Waals surface area contributed by atoms with Crippen molar-refractivity contribution in [1.82, 2.24) is 19.5 Å². The predicted molar refractivity (Wildman–Crippen MR) is 236 cm³/mol. The van der Waals surface area contributed by atoms with Crippen LogP contribution in [0.5, 0.6) is 0 Å². The van der Waals surface area contributed by atoms with Crippen LogP contribution in [-0.4, -0.2) is 19.5 Å². The van der Waals surface area contributed by atoms with E-state index in [0.29, 0.717) is 17.5 Å². The molecule has 5 nitrogen and oxygen atoms in total. The Morgan fingerprint density at radius 2 is 1.05 bits per heavy atom. The lowest BCUT2D eigenvalue weighted by molar-refractivity contribution is 0.670. The van der Waals surface area contributed by atoms with Gasteiger partial charge >= 0.3 is 0 Å². The van der Waals surface area contributed by atoms with E-state index in [4.69, 9.17) is 19.4 Å². The Morgan fingerprint density at radius 1 is 0.386 bits per heavy atom. The van der Waals surface area contributed by atoms with Gasteiger partial charge in [0, 0.05) is 64.6 Å². The highest BCUT2D eigenvalue weighted by Gasteiger charge is 2.21. The monoisotopic (exact) mass is 746 g/mol. The van der Waals surface area contributed by atoms with Gasteiger partial charge in [0.25, 0.3) is 0 Å². The van der Waals surface area contributed by atoms with Gasteiger partial charge in [-0.25, -0.2) is 15.0 Å². The average molecular weight is 747 g/mol. The molecule has 4 heterocycles. The number of furan rings is 1. The molecule has 0 aliphatic heterocycles. The van der Waals surface area contributed by atoms with Gasteiger partial charge in [-0.3, -0.25) is 0 Å². The van der Waals surface area contributed by atoms with Crippen LogP contribution < -0.4 is 0 Å². The fourth-order valence-corrected chi connectivity index (χ4v) is 9.52. The van der Waals surface area contributed by atoms with Gasteiger partial charge in [0.05, 0.1) is 16.6 Å². The summed E-state index contributed by atoms with van der Waals surface area (Å²) in [6, 6.07) is 63.8. The molecule has 57 heavy (non-hydrogen) atoms. The second-order valence-electron chi connectivity index (χ2n) is 14.4. The molecule has 0 spiro atoms. The van der Waals surface area contributed by atoms with Gasteiger partial charge < -0.3 is 8.98 Å². The Balaban J connectivity index is 1.06. The molecule has 0 saturated heterocycles. The SMILES string of the molecule is c1ccc(-c2cccc(-n3c4ccccc4c4cc5c(cc43)oc3c(-c4nc(-c6ccccc6)nc(-c6ccc7c(c6)sc6ccccc67)n4)cccc35)c2)cc1. The van der Waals surface area contributed by atoms with E-state index in [-0.39, 0.29) is 0 Å². The quantitative estimate of drug-likeness (QED) is 0.176. The number of nitrogens with zero attached hydrogens (tertiary/aromatic N) is 4. The molecular formula is C51H30N4OS. The van der Waals surface area contributed by atoms with Gasteiger partial charge in [-0.05, 0) is 53.6 Å². The molecule has 8 aromatic carbocycles. The Hall–Kier alpha value is -7.41. The molecule has 0 fully saturated rings. The van der Waals surface area contributed by atoms with E-state index in [1.807, 2.05) is 30.3 Å². The third-order valence-electron chi connectivity index (χ3n) is 11.0. The average Bonchev–Trinajstić information content (AvgIpc) is 3.95. The normalized spacial score (nSPS) is 11.9. The molecule has 0 N–H and O–H groups in total. The van der Waals surface area contributed by atoms with Crippen LogP contribution in [-0.2, 0) is 0 Å². The van der Waals surface area contributed by atoms with Crippen LogP contribution in [0.2, 0.25) is 0 Å². The molecular weight excluding hydrogens is 717 g/mol. The highest BCUT2D eigenvalue weighted by Crippen LogP contribution is 2.42. The van der Waals surface area contributed by atoms with Crippen molar-refractivity contribution < 1.29 is 4.42 Å². The lowest BCUT2D eigenvalue weighted by Gasteiger charge is -2.10. The van der Waals surface area contributed by atoms with Crippen LogP contribution in [0.4, 0.5) is 0 Å². The van der Waals surface area contributed by atoms with Crippen molar-refractivity contribution in [2.24, 2.45) is 0 Å². The van der Waals surface area contributed by atoms with E-state index in [1.165, 1.54) is 42.1 Å². The van der Waals surface area contributed by atoms with Gasteiger partial charge in [-0.1, -0.05) is 133 Å². The summed E-state index contributed by atoms with van der Waals surface area (Å²) in [5.74, 6) is 1.80. The van der Waals surface area contributed by atoms with E-state index in [2.05, 4.69) is 156 Å². The van der Waals surface area contributed by atoms with Gasteiger partial charge in [0.15, 0.2) is 17.5 Å². The van der Waals surface area contributed by atoms with Crippen molar-refractivity contribution in [2.75, 3.05) is 0 Å². The van der Waals surface area contributed by atoms with Crippen LogP contribution in [0, 0.1) is 0 Å². The predicted octanol–water partition coefficient (Wildman–Crippen LogP) is 13.9. The maximum absolute atomic E-state index is 6.90.